The average molecular weight is 257 g/mol. The van der Waals surface area contributed by atoms with E-state index in [1.165, 1.54) is 6.07 Å². The van der Waals surface area contributed by atoms with Crippen molar-refractivity contribution in [2.75, 3.05) is 19.0 Å². The van der Waals surface area contributed by atoms with E-state index < -0.39 is 5.97 Å². The summed E-state index contributed by atoms with van der Waals surface area (Å²) in [6.45, 7) is 0. The van der Waals surface area contributed by atoms with Crippen LogP contribution in [0.4, 0.5) is 5.82 Å². The lowest BCUT2D eigenvalue weighted by Crippen LogP contribution is -2.15. The molecule has 5 heteroatoms. The highest BCUT2D eigenvalue weighted by atomic mass is 16.4. The summed E-state index contributed by atoms with van der Waals surface area (Å²) >= 11 is 0. The van der Waals surface area contributed by atoms with E-state index in [0.29, 0.717) is 18.1 Å². The Morgan fingerprint density at radius 3 is 2.47 bits per heavy atom. The second-order valence-electron chi connectivity index (χ2n) is 4.39. The van der Waals surface area contributed by atoms with Crippen molar-refractivity contribution in [3.8, 4) is 0 Å². The van der Waals surface area contributed by atoms with Crippen molar-refractivity contribution in [3.05, 3.63) is 53.5 Å². The Morgan fingerprint density at radius 2 is 1.89 bits per heavy atom. The SMILES string of the molecule is CN(C)c1cc(C(=O)O)nc(Cc2ccccc2)n1. The van der Waals surface area contributed by atoms with Crippen molar-refractivity contribution in [1.29, 1.82) is 0 Å². The van der Waals surface area contributed by atoms with Gasteiger partial charge in [0.25, 0.3) is 0 Å². The van der Waals surface area contributed by atoms with Gasteiger partial charge in [0, 0.05) is 26.6 Å². The maximum absolute atomic E-state index is 11.1. The minimum Gasteiger partial charge on any atom is -0.477 e. The molecule has 1 heterocycles. The van der Waals surface area contributed by atoms with E-state index in [-0.39, 0.29) is 5.69 Å². The number of carbonyl (C=O) groups is 1. The molecule has 0 radical (unpaired) electrons. The van der Waals surface area contributed by atoms with Crippen molar-refractivity contribution in [1.82, 2.24) is 9.97 Å². The van der Waals surface area contributed by atoms with Crippen LogP contribution in [-0.4, -0.2) is 35.1 Å². The number of carboxylic acids is 1. The fraction of sp³-hybridized carbons (Fsp3) is 0.214. The van der Waals surface area contributed by atoms with Gasteiger partial charge in [0.05, 0.1) is 0 Å². The fourth-order valence-electron chi connectivity index (χ4n) is 1.68. The second-order valence-corrected chi connectivity index (χ2v) is 4.39. The van der Waals surface area contributed by atoms with Gasteiger partial charge < -0.3 is 10.0 Å². The molecule has 98 valence electrons. The van der Waals surface area contributed by atoms with Crippen molar-refractivity contribution in [2.24, 2.45) is 0 Å². The predicted octanol–water partition coefficient (Wildman–Crippen LogP) is 1.83. The molecule has 0 atom stereocenters. The molecule has 1 aromatic carbocycles. The number of aromatic nitrogens is 2. The quantitative estimate of drug-likeness (QED) is 0.905. The van der Waals surface area contributed by atoms with Crippen molar-refractivity contribution >= 4 is 11.8 Å². The number of benzene rings is 1. The number of aromatic carboxylic acids is 1. The zero-order valence-electron chi connectivity index (χ0n) is 10.9. The van der Waals surface area contributed by atoms with Gasteiger partial charge in [-0.2, -0.15) is 0 Å². The van der Waals surface area contributed by atoms with Crippen LogP contribution in [0.5, 0.6) is 0 Å². The zero-order chi connectivity index (χ0) is 13.8. The lowest BCUT2D eigenvalue weighted by molar-refractivity contribution is 0.0690. The summed E-state index contributed by atoms with van der Waals surface area (Å²) < 4.78 is 0. The van der Waals surface area contributed by atoms with Crippen LogP contribution < -0.4 is 4.90 Å². The lowest BCUT2D eigenvalue weighted by atomic mass is 10.1. The van der Waals surface area contributed by atoms with E-state index in [2.05, 4.69) is 9.97 Å². The minimum absolute atomic E-state index is 0.0182. The summed E-state index contributed by atoms with van der Waals surface area (Å²) in [7, 11) is 3.64. The molecule has 0 aliphatic carbocycles. The number of hydrogen-bond donors (Lipinski definition) is 1. The molecule has 0 aliphatic rings. The molecule has 0 aliphatic heterocycles. The van der Waals surface area contributed by atoms with E-state index in [9.17, 15) is 4.79 Å². The number of nitrogens with zero attached hydrogens (tertiary/aromatic N) is 3. The molecule has 1 aromatic heterocycles. The van der Waals surface area contributed by atoms with Crippen LogP contribution in [0.25, 0.3) is 0 Å². The highest BCUT2D eigenvalue weighted by molar-refractivity contribution is 5.86. The minimum atomic E-state index is -1.04. The topological polar surface area (TPSA) is 66.3 Å². The molecule has 0 amide bonds. The molecule has 2 aromatic rings. The van der Waals surface area contributed by atoms with Gasteiger partial charge in [-0.05, 0) is 5.56 Å². The summed E-state index contributed by atoms with van der Waals surface area (Å²) in [6, 6.07) is 11.2. The Kier molecular flexibility index (Phi) is 3.75. The summed E-state index contributed by atoms with van der Waals surface area (Å²) in [5, 5.41) is 9.07. The van der Waals surface area contributed by atoms with Gasteiger partial charge in [-0.15, -0.1) is 0 Å². The monoisotopic (exact) mass is 257 g/mol. The molecule has 1 N–H and O–H groups in total. The second kappa shape index (κ2) is 5.48. The van der Waals surface area contributed by atoms with Gasteiger partial charge in [0.15, 0.2) is 5.69 Å². The highest BCUT2D eigenvalue weighted by Gasteiger charge is 2.11. The first kappa shape index (κ1) is 13.0. The third kappa shape index (κ3) is 3.28. The van der Waals surface area contributed by atoms with Crippen molar-refractivity contribution in [3.63, 3.8) is 0 Å². The van der Waals surface area contributed by atoms with Crippen molar-refractivity contribution < 1.29 is 9.90 Å². The van der Waals surface area contributed by atoms with Gasteiger partial charge in [-0.3, -0.25) is 0 Å². The van der Waals surface area contributed by atoms with Gasteiger partial charge >= 0.3 is 5.97 Å². The number of carboxylic acid groups (broad SMARTS) is 1. The van der Waals surface area contributed by atoms with E-state index >= 15 is 0 Å². The first-order valence-electron chi connectivity index (χ1n) is 5.89. The van der Waals surface area contributed by atoms with E-state index in [4.69, 9.17) is 5.11 Å². The summed E-state index contributed by atoms with van der Waals surface area (Å²) in [5.41, 5.74) is 1.07. The zero-order valence-corrected chi connectivity index (χ0v) is 10.9. The van der Waals surface area contributed by atoms with Crippen LogP contribution in [0.1, 0.15) is 21.9 Å². The molecule has 19 heavy (non-hydrogen) atoms. The van der Waals surface area contributed by atoms with Crippen LogP contribution in [0.2, 0.25) is 0 Å². The van der Waals surface area contributed by atoms with Gasteiger partial charge in [0.2, 0.25) is 0 Å². The van der Waals surface area contributed by atoms with E-state index in [0.717, 1.165) is 5.56 Å². The normalized spacial score (nSPS) is 10.2. The molecule has 5 nitrogen and oxygen atoms in total. The van der Waals surface area contributed by atoms with Crippen LogP contribution in [-0.2, 0) is 6.42 Å². The molecular formula is C14H15N3O2. The van der Waals surface area contributed by atoms with Crippen LogP contribution in [0, 0.1) is 0 Å². The summed E-state index contributed by atoms with van der Waals surface area (Å²) in [6.07, 6.45) is 0.517. The highest BCUT2D eigenvalue weighted by Crippen LogP contribution is 2.13. The van der Waals surface area contributed by atoms with Crippen molar-refractivity contribution in [2.45, 2.75) is 6.42 Å². The number of rotatable bonds is 4. The van der Waals surface area contributed by atoms with Gasteiger partial charge in [-0.25, -0.2) is 14.8 Å². The smallest absolute Gasteiger partial charge is 0.354 e. The molecule has 0 saturated heterocycles. The van der Waals surface area contributed by atoms with Crippen LogP contribution in [0.3, 0.4) is 0 Å². The standard InChI is InChI=1S/C14H15N3O2/c1-17(2)13-9-11(14(18)19)15-12(16-13)8-10-6-4-3-5-7-10/h3-7,9H,8H2,1-2H3,(H,18,19). The van der Waals surface area contributed by atoms with Crippen LogP contribution >= 0.6 is 0 Å². The summed E-state index contributed by atoms with van der Waals surface area (Å²) in [4.78, 5) is 21.3. The Hall–Kier alpha value is -2.43. The Labute approximate surface area is 111 Å². The largest absolute Gasteiger partial charge is 0.477 e. The number of anilines is 1. The summed E-state index contributed by atoms with van der Waals surface area (Å²) in [5.74, 6) is 0.0629. The predicted molar refractivity (Wildman–Crippen MR) is 72.6 cm³/mol. The molecule has 0 bridgehead atoms. The van der Waals surface area contributed by atoms with E-state index in [1.807, 2.05) is 44.4 Å². The fourth-order valence-corrected chi connectivity index (χ4v) is 1.68. The van der Waals surface area contributed by atoms with Crippen LogP contribution in [0.15, 0.2) is 36.4 Å². The first-order chi connectivity index (χ1) is 9.06. The Bertz CT molecular complexity index is 582. The first-order valence-corrected chi connectivity index (χ1v) is 5.89. The molecular weight excluding hydrogens is 242 g/mol. The molecule has 0 saturated carbocycles. The molecule has 0 fully saturated rings. The maximum atomic E-state index is 11.1. The van der Waals surface area contributed by atoms with Gasteiger partial charge in [-0.1, -0.05) is 30.3 Å². The third-order valence-electron chi connectivity index (χ3n) is 2.64. The molecule has 0 spiro atoms. The van der Waals surface area contributed by atoms with E-state index in [1.54, 1.807) is 4.90 Å². The number of hydrogen-bond acceptors (Lipinski definition) is 4. The molecule has 0 unspecified atom stereocenters. The Morgan fingerprint density at radius 1 is 1.21 bits per heavy atom. The Balaban J connectivity index is 2.36. The maximum Gasteiger partial charge on any atom is 0.354 e. The average Bonchev–Trinajstić information content (AvgIpc) is 2.39. The third-order valence-corrected chi connectivity index (χ3v) is 2.64. The lowest BCUT2D eigenvalue weighted by Gasteiger charge is -2.13. The van der Waals surface area contributed by atoms with Gasteiger partial charge in [0.1, 0.15) is 11.6 Å². The molecule has 2 rings (SSSR count).